The van der Waals surface area contributed by atoms with Crippen molar-refractivity contribution in [2.24, 2.45) is 0 Å². The van der Waals surface area contributed by atoms with Crippen molar-refractivity contribution in [1.82, 2.24) is 9.80 Å². The molecule has 0 atom stereocenters. The fourth-order valence-corrected chi connectivity index (χ4v) is 2.68. The predicted molar refractivity (Wildman–Crippen MR) is 74.9 cm³/mol. The van der Waals surface area contributed by atoms with E-state index in [2.05, 4.69) is 16.7 Å². The molecule has 0 radical (unpaired) electrons. The van der Waals surface area contributed by atoms with E-state index >= 15 is 0 Å². The molecular formula is C11H20N2O2S2. The zero-order valence-corrected chi connectivity index (χ0v) is 12.1. The van der Waals surface area contributed by atoms with E-state index in [0.29, 0.717) is 13.2 Å². The largest absolute Gasteiger partial charge is 0.465 e. The third-order valence-corrected chi connectivity index (χ3v) is 4.05. The molecule has 6 heteroatoms. The van der Waals surface area contributed by atoms with Gasteiger partial charge in [-0.2, -0.15) is 0 Å². The molecule has 0 unspecified atom stereocenters. The number of unbranched alkanes of at least 4 members (excludes halogenated alkanes) is 1. The van der Waals surface area contributed by atoms with Crippen molar-refractivity contribution in [2.75, 3.05) is 32.2 Å². The summed E-state index contributed by atoms with van der Waals surface area (Å²) >= 11 is 6.92. The molecule has 0 aliphatic carbocycles. The maximum atomic E-state index is 11.4. The smallest absolute Gasteiger partial charge is 0.320 e. The van der Waals surface area contributed by atoms with E-state index in [1.54, 1.807) is 11.8 Å². The van der Waals surface area contributed by atoms with Crippen LogP contribution in [0.3, 0.4) is 0 Å². The second kappa shape index (κ2) is 7.89. The van der Waals surface area contributed by atoms with Gasteiger partial charge in [0, 0.05) is 6.54 Å². The molecule has 17 heavy (non-hydrogen) atoms. The summed E-state index contributed by atoms with van der Waals surface area (Å²) in [5.41, 5.74) is 0. The van der Waals surface area contributed by atoms with E-state index in [1.165, 1.54) is 0 Å². The van der Waals surface area contributed by atoms with Crippen LogP contribution in [0.4, 0.5) is 0 Å². The first-order chi connectivity index (χ1) is 8.17. The molecular weight excluding hydrogens is 256 g/mol. The summed E-state index contributed by atoms with van der Waals surface area (Å²) in [6.45, 7) is 6.50. The van der Waals surface area contributed by atoms with Crippen molar-refractivity contribution in [1.29, 1.82) is 0 Å². The van der Waals surface area contributed by atoms with Gasteiger partial charge < -0.3 is 9.64 Å². The molecule has 1 saturated heterocycles. The molecule has 0 aromatic carbocycles. The van der Waals surface area contributed by atoms with Gasteiger partial charge in [0.05, 0.1) is 25.7 Å². The number of esters is 1. The van der Waals surface area contributed by atoms with Gasteiger partial charge >= 0.3 is 5.97 Å². The lowest BCUT2D eigenvalue weighted by Gasteiger charge is -2.36. The normalized spacial score (nSPS) is 17.3. The minimum atomic E-state index is -0.156. The summed E-state index contributed by atoms with van der Waals surface area (Å²) in [5, 5.41) is 0. The third kappa shape index (κ3) is 5.23. The van der Waals surface area contributed by atoms with Crippen molar-refractivity contribution < 1.29 is 9.53 Å². The van der Waals surface area contributed by atoms with Gasteiger partial charge in [0.1, 0.15) is 4.32 Å². The van der Waals surface area contributed by atoms with Crippen LogP contribution in [0.25, 0.3) is 0 Å². The number of rotatable bonds is 6. The first-order valence-electron chi connectivity index (χ1n) is 5.97. The average molecular weight is 276 g/mol. The molecule has 0 N–H and O–H groups in total. The van der Waals surface area contributed by atoms with Gasteiger partial charge in [0.25, 0.3) is 0 Å². The zero-order valence-electron chi connectivity index (χ0n) is 10.5. The number of carbonyl (C=O) groups excluding carboxylic acids is 1. The summed E-state index contributed by atoms with van der Waals surface area (Å²) < 4.78 is 5.89. The number of thioether (sulfide) groups is 1. The number of ether oxygens (including phenoxy) is 1. The van der Waals surface area contributed by atoms with Crippen LogP contribution in [0.1, 0.15) is 26.7 Å². The fraction of sp³-hybridized carbons (Fsp3) is 0.818. The van der Waals surface area contributed by atoms with E-state index in [9.17, 15) is 4.79 Å². The Morgan fingerprint density at radius 3 is 2.94 bits per heavy atom. The molecule has 1 rings (SSSR count). The zero-order chi connectivity index (χ0) is 12.7. The van der Waals surface area contributed by atoms with Crippen LogP contribution in [0, 0.1) is 0 Å². The van der Waals surface area contributed by atoms with E-state index in [-0.39, 0.29) is 5.97 Å². The Balaban J connectivity index is 2.38. The van der Waals surface area contributed by atoms with Crippen LogP contribution in [-0.4, -0.2) is 52.3 Å². The predicted octanol–water partition coefficient (Wildman–Crippen LogP) is 1.90. The Labute approximate surface area is 113 Å². The standard InChI is InChI=1S/C11H20N2O2S2/c1-3-5-6-13-8-12(9-17-11(13)16)7-10(14)15-4-2/h3-9H2,1-2H3. The Kier molecular flexibility index (Phi) is 6.84. The number of hydrogen-bond acceptors (Lipinski definition) is 5. The summed E-state index contributed by atoms with van der Waals surface area (Å²) in [5.74, 6) is 0.622. The fourth-order valence-electron chi connectivity index (χ4n) is 1.57. The maximum Gasteiger partial charge on any atom is 0.320 e. The summed E-state index contributed by atoms with van der Waals surface area (Å²) in [7, 11) is 0. The number of thiocarbonyl (C=S) groups is 1. The van der Waals surface area contributed by atoms with Crippen molar-refractivity contribution in [3.8, 4) is 0 Å². The monoisotopic (exact) mass is 276 g/mol. The molecule has 0 saturated carbocycles. The average Bonchev–Trinajstić information content (AvgIpc) is 2.30. The Hall–Kier alpha value is -0.330. The summed E-state index contributed by atoms with van der Waals surface area (Å²) in [6, 6.07) is 0. The third-order valence-electron chi connectivity index (χ3n) is 2.44. The lowest BCUT2D eigenvalue weighted by Crippen LogP contribution is -2.47. The van der Waals surface area contributed by atoms with Gasteiger partial charge in [0.15, 0.2) is 0 Å². The van der Waals surface area contributed by atoms with Gasteiger partial charge in [-0.1, -0.05) is 37.3 Å². The van der Waals surface area contributed by atoms with Crippen molar-refractivity contribution >= 4 is 34.3 Å². The Morgan fingerprint density at radius 1 is 1.53 bits per heavy atom. The number of nitrogens with zero attached hydrogens (tertiary/aromatic N) is 2. The van der Waals surface area contributed by atoms with Crippen molar-refractivity contribution in [2.45, 2.75) is 26.7 Å². The topological polar surface area (TPSA) is 32.8 Å². The highest BCUT2D eigenvalue weighted by atomic mass is 32.2. The lowest BCUT2D eigenvalue weighted by atomic mass is 10.3. The Bertz CT molecular complexity index is 274. The molecule has 1 fully saturated rings. The molecule has 0 spiro atoms. The van der Waals surface area contributed by atoms with Gasteiger partial charge in [-0.15, -0.1) is 0 Å². The van der Waals surface area contributed by atoms with Gasteiger partial charge in [-0.05, 0) is 13.3 Å². The second-order valence-corrected chi connectivity index (χ2v) is 5.51. The lowest BCUT2D eigenvalue weighted by molar-refractivity contribution is -0.144. The first-order valence-corrected chi connectivity index (χ1v) is 7.36. The minimum Gasteiger partial charge on any atom is -0.465 e. The summed E-state index contributed by atoms with van der Waals surface area (Å²) in [4.78, 5) is 15.6. The number of hydrogen-bond donors (Lipinski definition) is 0. The molecule has 4 nitrogen and oxygen atoms in total. The molecule has 1 aliphatic heterocycles. The van der Waals surface area contributed by atoms with E-state index in [1.807, 2.05) is 6.92 Å². The molecule has 1 aliphatic rings. The SMILES string of the molecule is CCCCN1CN(CC(=O)OCC)CSC1=S. The second-order valence-electron chi connectivity index (χ2n) is 3.93. The highest BCUT2D eigenvalue weighted by Crippen LogP contribution is 2.18. The molecule has 0 amide bonds. The maximum absolute atomic E-state index is 11.4. The van der Waals surface area contributed by atoms with Crippen LogP contribution in [-0.2, 0) is 9.53 Å². The molecule has 0 aromatic heterocycles. The van der Waals surface area contributed by atoms with E-state index in [4.69, 9.17) is 17.0 Å². The van der Waals surface area contributed by atoms with Crippen LogP contribution in [0.5, 0.6) is 0 Å². The highest BCUT2D eigenvalue weighted by molar-refractivity contribution is 8.22. The number of carbonyl (C=O) groups is 1. The van der Waals surface area contributed by atoms with Crippen molar-refractivity contribution in [3.63, 3.8) is 0 Å². The summed E-state index contributed by atoms with van der Waals surface area (Å²) in [6.07, 6.45) is 2.29. The molecule has 1 heterocycles. The molecule has 0 bridgehead atoms. The van der Waals surface area contributed by atoms with Crippen LogP contribution < -0.4 is 0 Å². The van der Waals surface area contributed by atoms with E-state index < -0.39 is 0 Å². The quantitative estimate of drug-likeness (QED) is 0.544. The van der Waals surface area contributed by atoms with Gasteiger partial charge in [-0.25, -0.2) is 0 Å². The highest BCUT2D eigenvalue weighted by Gasteiger charge is 2.22. The van der Waals surface area contributed by atoms with Crippen molar-refractivity contribution in [3.05, 3.63) is 0 Å². The van der Waals surface area contributed by atoms with Crippen LogP contribution in [0.15, 0.2) is 0 Å². The van der Waals surface area contributed by atoms with Gasteiger partial charge in [0.2, 0.25) is 0 Å². The minimum absolute atomic E-state index is 0.156. The van der Waals surface area contributed by atoms with E-state index in [0.717, 1.165) is 36.3 Å². The van der Waals surface area contributed by atoms with Crippen LogP contribution >= 0.6 is 24.0 Å². The molecule has 0 aromatic rings. The van der Waals surface area contributed by atoms with Crippen LogP contribution in [0.2, 0.25) is 0 Å². The first kappa shape index (κ1) is 14.7. The molecule has 98 valence electrons. The van der Waals surface area contributed by atoms with Gasteiger partial charge in [-0.3, -0.25) is 9.69 Å². The Morgan fingerprint density at radius 2 is 2.29 bits per heavy atom.